The van der Waals surface area contributed by atoms with Gasteiger partial charge in [-0.05, 0) is 23.6 Å². The predicted octanol–water partition coefficient (Wildman–Crippen LogP) is 4.20. The summed E-state index contributed by atoms with van der Waals surface area (Å²) in [4.78, 5) is 4.34. The summed E-state index contributed by atoms with van der Waals surface area (Å²) < 4.78 is 6.15. The van der Waals surface area contributed by atoms with Gasteiger partial charge in [0.2, 0.25) is 0 Å². The van der Waals surface area contributed by atoms with Crippen molar-refractivity contribution in [2.45, 2.75) is 26.8 Å². The quantitative estimate of drug-likeness (QED) is 0.886. The summed E-state index contributed by atoms with van der Waals surface area (Å²) >= 11 is 9.52. The van der Waals surface area contributed by atoms with E-state index in [4.69, 9.17) is 21.9 Å². The lowest BCUT2D eigenvalue weighted by atomic mass is 9.87. The molecule has 102 valence electrons. The van der Waals surface area contributed by atoms with Crippen LogP contribution in [0.5, 0.6) is 0 Å². The molecule has 0 bridgehead atoms. The van der Waals surface area contributed by atoms with Crippen LogP contribution in [0.3, 0.4) is 0 Å². The van der Waals surface area contributed by atoms with Crippen LogP contribution in [-0.2, 0) is 0 Å². The highest BCUT2D eigenvalue weighted by molar-refractivity contribution is 9.10. The van der Waals surface area contributed by atoms with E-state index in [0.717, 1.165) is 4.47 Å². The first-order valence-electron chi connectivity index (χ1n) is 5.83. The van der Waals surface area contributed by atoms with Gasteiger partial charge in [0.05, 0.1) is 16.6 Å². The highest BCUT2D eigenvalue weighted by Crippen LogP contribution is 2.33. The van der Waals surface area contributed by atoms with Gasteiger partial charge in [0.1, 0.15) is 0 Å². The molecule has 1 aromatic carbocycles. The van der Waals surface area contributed by atoms with Crippen LogP contribution in [-0.4, -0.2) is 10.1 Å². The van der Waals surface area contributed by atoms with Crippen LogP contribution in [0.15, 0.2) is 27.2 Å². The van der Waals surface area contributed by atoms with Crippen LogP contribution in [0.1, 0.15) is 32.6 Å². The molecule has 1 heterocycles. The maximum Gasteiger partial charge on any atom is 0.259 e. The second kappa shape index (κ2) is 5.23. The van der Waals surface area contributed by atoms with E-state index < -0.39 is 0 Å². The fraction of sp³-hybridized carbons (Fsp3) is 0.385. The molecule has 0 amide bonds. The van der Waals surface area contributed by atoms with Crippen molar-refractivity contribution in [1.29, 1.82) is 0 Å². The Hall–Kier alpha value is -0.910. The Labute approximate surface area is 125 Å². The molecule has 2 aromatic rings. The molecule has 0 aliphatic carbocycles. The van der Waals surface area contributed by atoms with Gasteiger partial charge in [0, 0.05) is 4.47 Å². The fourth-order valence-corrected chi connectivity index (χ4v) is 2.08. The maximum atomic E-state index is 6.13. The lowest BCUT2D eigenvalue weighted by Gasteiger charge is -2.23. The molecule has 1 aromatic heterocycles. The predicted molar refractivity (Wildman–Crippen MR) is 78.8 cm³/mol. The molecule has 2 N–H and O–H groups in total. The average molecular weight is 345 g/mol. The van der Waals surface area contributed by atoms with Crippen molar-refractivity contribution in [3.05, 3.63) is 33.5 Å². The minimum atomic E-state index is -0.295. The standard InChI is InChI=1S/C13H15BrClN3O/c1-13(2,3)10(16)11-17-12(19-18-11)8-6-7(14)4-5-9(8)15/h4-6,10H,16H2,1-3H3. The maximum absolute atomic E-state index is 6.13. The molecule has 4 nitrogen and oxygen atoms in total. The van der Waals surface area contributed by atoms with E-state index >= 15 is 0 Å². The van der Waals surface area contributed by atoms with Gasteiger partial charge in [0.25, 0.3) is 5.89 Å². The van der Waals surface area contributed by atoms with Crippen molar-refractivity contribution in [2.75, 3.05) is 0 Å². The van der Waals surface area contributed by atoms with Crippen molar-refractivity contribution >= 4 is 27.5 Å². The summed E-state index contributed by atoms with van der Waals surface area (Å²) in [7, 11) is 0. The molecule has 1 unspecified atom stereocenters. The molecule has 0 radical (unpaired) electrons. The summed E-state index contributed by atoms with van der Waals surface area (Å²) in [5, 5.41) is 4.50. The number of nitrogens with zero attached hydrogens (tertiary/aromatic N) is 2. The largest absolute Gasteiger partial charge is 0.334 e. The number of hydrogen-bond acceptors (Lipinski definition) is 4. The van der Waals surface area contributed by atoms with Crippen LogP contribution >= 0.6 is 27.5 Å². The lowest BCUT2D eigenvalue weighted by Crippen LogP contribution is -2.27. The molecule has 0 saturated carbocycles. The third-order valence-electron chi connectivity index (χ3n) is 2.81. The second-order valence-corrected chi connectivity index (χ2v) is 6.75. The number of rotatable bonds is 2. The van der Waals surface area contributed by atoms with Gasteiger partial charge in [-0.15, -0.1) is 0 Å². The van der Waals surface area contributed by atoms with Crippen molar-refractivity contribution in [3.63, 3.8) is 0 Å². The van der Waals surface area contributed by atoms with E-state index in [0.29, 0.717) is 22.3 Å². The van der Waals surface area contributed by atoms with E-state index in [-0.39, 0.29) is 11.5 Å². The van der Waals surface area contributed by atoms with Gasteiger partial charge in [-0.3, -0.25) is 0 Å². The van der Waals surface area contributed by atoms with Crippen LogP contribution in [0.25, 0.3) is 11.5 Å². The van der Waals surface area contributed by atoms with Gasteiger partial charge >= 0.3 is 0 Å². The van der Waals surface area contributed by atoms with E-state index in [1.807, 2.05) is 32.9 Å². The summed E-state index contributed by atoms with van der Waals surface area (Å²) in [5.41, 5.74) is 6.66. The van der Waals surface area contributed by atoms with Crippen LogP contribution < -0.4 is 5.73 Å². The van der Waals surface area contributed by atoms with Crippen molar-refractivity contribution < 1.29 is 4.52 Å². The first-order chi connectivity index (χ1) is 8.79. The number of hydrogen-bond donors (Lipinski definition) is 1. The van der Waals surface area contributed by atoms with Crippen molar-refractivity contribution in [2.24, 2.45) is 11.1 Å². The molecule has 0 saturated heterocycles. The highest BCUT2D eigenvalue weighted by atomic mass is 79.9. The number of aromatic nitrogens is 2. The summed E-state index contributed by atoms with van der Waals surface area (Å²) in [6.07, 6.45) is 0. The first kappa shape index (κ1) is 14.5. The molecule has 0 spiro atoms. The zero-order valence-corrected chi connectivity index (χ0v) is 13.3. The molecule has 19 heavy (non-hydrogen) atoms. The lowest BCUT2D eigenvalue weighted by molar-refractivity contribution is 0.303. The molecule has 0 aliphatic heterocycles. The molecule has 0 aliphatic rings. The Kier molecular flexibility index (Phi) is 3.99. The molecule has 6 heteroatoms. The van der Waals surface area contributed by atoms with Crippen molar-refractivity contribution in [3.8, 4) is 11.5 Å². The van der Waals surface area contributed by atoms with Crippen LogP contribution in [0.2, 0.25) is 5.02 Å². The Balaban J connectivity index is 2.39. The van der Waals surface area contributed by atoms with E-state index in [1.165, 1.54) is 0 Å². The van der Waals surface area contributed by atoms with E-state index in [1.54, 1.807) is 6.07 Å². The third kappa shape index (κ3) is 3.16. The first-order valence-corrected chi connectivity index (χ1v) is 7.01. The third-order valence-corrected chi connectivity index (χ3v) is 3.63. The SMILES string of the molecule is CC(C)(C)C(N)c1noc(-c2cc(Br)ccc2Cl)n1. The van der Waals surface area contributed by atoms with Gasteiger partial charge in [-0.25, -0.2) is 0 Å². The van der Waals surface area contributed by atoms with Gasteiger partial charge in [-0.1, -0.05) is 53.5 Å². The smallest absolute Gasteiger partial charge is 0.259 e. The highest BCUT2D eigenvalue weighted by Gasteiger charge is 2.27. The minimum Gasteiger partial charge on any atom is -0.334 e. The number of nitrogens with two attached hydrogens (primary N) is 1. The topological polar surface area (TPSA) is 64.9 Å². The van der Waals surface area contributed by atoms with Gasteiger partial charge in [0.15, 0.2) is 5.82 Å². The number of halogens is 2. The number of benzene rings is 1. The second-order valence-electron chi connectivity index (χ2n) is 5.43. The summed E-state index contributed by atoms with van der Waals surface area (Å²) in [6.45, 7) is 6.08. The molecule has 1 atom stereocenters. The Morgan fingerprint density at radius 2 is 2.05 bits per heavy atom. The average Bonchev–Trinajstić information content (AvgIpc) is 2.79. The van der Waals surface area contributed by atoms with Crippen LogP contribution in [0.4, 0.5) is 0 Å². The molecule has 0 fully saturated rings. The zero-order chi connectivity index (χ0) is 14.2. The minimum absolute atomic E-state index is 0.137. The monoisotopic (exact) mass is 343 g/mol. The Morgan fingerprint density at radius 1 is 1.37 bits per heavy atom. The van der Waals surface area contributed by atoms with Crippen molar-refractivity contribution in [1.82, 2.24) is 10.1 Å². The molecular formula is C13H15BrClN3O. The Morgan fingerprint density at radius 3 is 2.68 bits per heavy atom. The molecular weight excluding hydrogens is 330 g/mol. The zero-order valence-electron chi connectivity index (χ0n) is 10.9. The van der Waals surface area contributed by atoms with Crippen LogP contribution in [0, 0.1) is 5.41 Å². The normalized spacial score (nSPS) is 13.6. The Bertz CT molecular complexity index is 592. The summed E-state index contributed by atoms with van der Waals surface area (Å²) in [5.74, 6) is 0.861. The fourth-order valence-electron chi connectivity index (χ4n) is 1.52. The van der Waals surface area contributed by atoms with E-state index in [2.05, 4.69) is 26.1 Å². The van der Waals surface area contributed by atoms with Gasteiger partial charge < -0.3 is 10.3 Å². The van der Waals surface area contributed by atoms with Gasteiger partial charge in [-0.2, -0.15) is 4.98 Å². The summed E-state index contributed by atoms with van der Waals surface area (Å²) in [6, 6.07) is 5.16. The molecule has 2 rings (SSSR count). The van der Waals surface area contributed by atoms with E-state index in [9.17, 15) is 0 Å².